The molecule has 100 valence electrons. The normalized spacial score (nSPS) is 18.3. The molecular weight excluding hydrogens is 240 g/mol. The summed E-state index contributed by atoms with van der Waals surface area (Å²) in [5.74, 6) is 0.566. The number of aryl methyl sites for hydroxylation is 1. The molecule has 0 heterocycles. The number of benzene rings is 1. The molecule has 1 aromatic rings. The van der Waals surface area contributed by atoms with Crippen molar-refractivity contribution in [2.45, 2.75) is 19.8 Å². The van der Waals surface area contributed by atoms with E-state index in [2.05, 4.69) is 0 Å². The van der Waals surface area contributed by atoms with E-state index < -0.39 is 0 Å². The Morgan fingerprint density at radius 2 is 2.21 bits per heavy atom. The van der Waals surface area contributed by atoms with Crippen LogP contribution >= 0.6 is 0 Å². The second-order valence-electron chi connectivity index (χ2n) is 4.33. The van der Waals surface area contributed by atoms with Gasteiger partial charge in [-0.15, -0.1) is 0 Å². The molecule has 0 bridgehead atoms. The summed E-state index contributed by atoms with van der Waals surface area (Å²) in [4.78, 5) is 11.8. The molecule has 0 radical (unpaired) electrons. The molecule has 1 aliphatic carbocycles. The van der Waals surface area contributed by atoms with Crippen molar-refractivity contribution in [2.24, 2.45) is 0 Å². The van der Waals surface area contributed by atoms with Crippen LogP contribution in [-0.4, -0.2) is 19.7 Å². The van der Waals surface area contributed by atoms with Crippen LogP contribution in [0.5, 0.6) is 5.75 Å². The molecule has 0 atom stereocenters. The second kappa shape index (κ2) is 6.23. The monoisotopic (exact) mass is 258 g/mol. The van der Waals surface area contributed by atoms with Gasteiger partial charge in [0.1, 0.15) is 5.75 Å². The fourth-order valence-electron chi connectivity index (χ4n) is 2.07. The molecule has 0 aliphatic heterocycles. The zero-order valence-corrected chi connectivity index (χ0v) is 11.3. The summed E-state index contributed by atoms with van der Waals surface area (Å²) < 4.78 is 10.3. The van der Waals surface area contributed by atoms with Crippen LogP contribution in [0.3, 0.4) is 0 Å². The van der Waals surface area contributed by atoms with Crippen molar-refractivity contribution in [3.8, 4) is 5.75 Å². The molecule has 0 unspecified atom stereocenters. The number of ether oxygens (including phenoxy) is 2. The van der Waals surface area contributed by atoms with Gasteiger partial charge in [0.15, 0.2) is 0 Å². The molecule has 0 saturated carbocycles. The van der Waals surface area contributed by atoms with E-state index in [9.17, 15) is 4.79 Å². The lowest BCUT2D eigenvalue weighted by Crippen LogP contribution is -2.07. The highest BCUT2D eigenvalue weighted by Gasteiger charge is 2.11. The molecule has 0 spiro atoms. The topological polar surface area (TPSA) is 35.5 Å². The Morgan fingerprint density at radius 1 is 1.37 bits per heavy atom. The van der Waals surface area contributed by atoms with E-state index in [4.69, 9.17) is 9.47 Å². The first-order valence-corrected chi connectivity index (χ1v) is 6.47. The summed E-state index contributed by atoms with van der Waals surface area (Å²) in [6, 6.07) is 5.91. The van der Waals surface area contributed by atoms with E-state index in [1.165, 1.54) is 5.56 Å². The zero-order chi connectivity index (χ0) is 13.7. The lowest BCUT2D eigenvalue weighted by Gasteiger charge is -2.11. The number of carbonyl (C=O) groups is 1. The Morgan fingerprint density at radius 3 is 2.95 bits per heavy atom. The SMILES string of the molecule is CCOC(=O)C1=C/c2ccc(OC)cc2CC/C=C\1. The zero-order valence-electron chi connectivity index (χ0n) is 11.3. The third-order valence-corrected chi connectivity index (χ3v) is 3.05. The van der Waals surface area contributed by atoms with Gasteiger partial charge in [-0.1, -0.05) is 18.2 Å². The van der Waals surface area contributed by atoms with Gasteiger partial charge in [0.25, 0.3) is 0 Å². The average molecular weight is 258 g/mol. The predicted octanol–water partition coefficient (Wildman–Crippen LogP) is 3.14. The number of carbonyl (C=O) groups excluding carboxylic acids is 1. The maximum Gasteiger partial charge on any atom is 0.338 e. The van der Waals surface area contributed by atoms with Crippen molar-refractivity contribution in [2.75, 3.05) is 13.7 Å². The smallest absolute Gasteiger partial charge is 0.338 e. The Labute approximate surface area is 113 Å². The molecule has 3 heteroatoms. The Hall–Kier alpha value is -2.03. The van der Waals surface area contributed by atoms with E-state index >= 15 is 0 Å². The Balaban J connectivity index is 2.38. The van der Waals surface area contributed by atoms with Crippen LogP contribution in [0.2, 0.25) is 0 Å². The predicted molar refractivity (Wildman–Crippen MR) is 75.1 cm³/mol. The van der Waals surface area contributed by atoms with Crippen LogP contribution in [0.15, 0.2) is 35.9 Å². The number of fused-ring (bicyclic) bond motifs is 1. The standard InChI is InChI=1S/C16H18O3/c1-3-19-16(17)14-7-5-4-6-12-11-15(18-2)9-8-13(12)10-14/h5,7-11H,3-4,6H2,1-2H3/b7-5-,14-10+. The van der Waals surface area contributed by atoms with Crippen LogP contribution in [0, 0.1) is 0 Å². The van der Waals surface area contributed by atoms with Gasteiger partial charge in [0.2, 0.25) is 0 Å². The van der Waals surface area contributed by atoms with Gasteiger partial charge >= 0.3 is 5.97 Å². The Kier molecular flexibility index (Phi) is 4.39. The number of rotatable bonds is 3. The molecule has 2 rings (SSSR count). The van der Waals surface area contributed by atoms with Crippen LogP contribution < -0.4 is 4.74 Å². The minimum Gasteiger partial charge on any atom is -0.497 e. The maximum atomic E-state index is 11.8. The summed E-state index contributed by atoms with van der Waals surface area (Å²) in [7, 11) is 1.66. The number of hydrogen-bond acceptors (Lipinski definition) is 3. The highest BCUT2D eigenvalue weighted by atomic mass is 16.5. The molecule has 0 N–H and O–H groups in total. The lowest BCUT2D eigenvalue weighted by atomic mass is 9.97. The van der Waals surface area contributed by atoms with Crippen molar-refractivity contribution in [1.82, 2.24) is 0 Å². The highest BCUT2D eigenvalue weighted by molar-refractivity contribution is 5.97. The van der Waals surface area contributed by atoms with Gasteiger partial charge in [-0.25, -0.2) is 4.79 Å². The second-order valence-corrected chi connectivity index (χ2v) is 4.33. The summed E-state index contributed by atoms with van der Waals surface area (Å²) in [6.07, 6.45) is 7.56. The minimum atomic E-state index is -0.276. The Bertz CT molecular complexity index is 527. The fourth-order valence-corrected chi connectivity index (χ4v) is 2.07. The molecule has 1 aromatic carbocycles. The van der Waals surface area contributed by atoms with E-state index in [0.717, 1.165) is 24.2 Å². The van der Waals surface area contributed by atoms with Crippen LogP contribution in [0.1, 0.15) is 24.5 Å². The van der Waals surface area contributed by atoms with Gasteiger partial charge in [-0.05, 0) is 49.1 Å². The number of allylic oxidation sites excluding steroid dienone is 1. The summed E-state index contributed by atoms with van der Waals surface area (Å²) in [5, 5.41) is 0. The molecular formula is C16H18O3. The van der Waals surface area contributed by atoms with Crippen molar-refractivity contribution >= 4 is 12.0 Å². The van der Waals surface area contributed by atoms with Gasteiger partial charge < -0.3 is 9.47 Å². The molecule has 19 heavy (non-hydrogen) atoms. The maximum absolute atomic E-state index is 11.8. The van der Waals surface area contributed by atoms with E-state index in [1.807, 2.05) is 43.4 Å². The summed E-state index contributed by atoms with van der Waals surface area (Å²) >= 11 is 0. The first-order chi connectivity index (χ1) is 9.24. The number of esters is 1. The fraction of sp³-hybridized carbons (Fsp3) is 0.312. The molecule has 0 aromatic heterocycles. The van der Waals surface area contributed by atoms with Crippen molar-refractivity contribution in [1.29, 1.82) is 0 Å². The quantitative estimate of drug-likeness (QED) is 0.781. The lowest BCUT2D eigenvalue weighted by molar-refractivity contribution is -0.138. The van der Waals surface area contributed by atoms with Crippen molar-refractivity contribution in [3.63, 3.8) is 0 Å². The van der Waals surface area contributed by atoms with Gasteiger partial charge in [-0.2, -0.15) is 0 Å². The molecule has 3 nitrogen and oxygen atoms in total. The highest BCUT2D eigenvalue weighted by Crippen LogP contribution is 2.24. The number of methoxy groups -OCH3 is 1. The molecule has 0 fully saturated rings. The third kappa shape index (κ3) is 3.25. The summed E-state index contributed by atoms with van der Waals surface area (Å²) in [6.45, 7) is 2.20. The minimum absolute atomic E-state index is 0.276. The third-order valence-electron chi connectivity index (χ3n) is 3.05. The molecule has 0 saturated heterocycles. The first-order valence-electron chi connectivity index (χ1n) is 6.47. The van der Waals surface area contributed by atoms with Crippen molar-refractivity contribution < 1.29 is 14.3 Å². The van der Waals surface area contributed by atoms with E-state index in [1.54, 1.807) is 7.11 Å². The molecule has 0 amide bonds. The van der Waals surface area contributed by atoms with Crippen molar-refractivity contribution in [3.05, 3.63) is 47.1 Å². The van der Waals surface area contributed by atoms with Gasteiger partial charge in [0.05, 0.1) is 19.3 Å². The average Bonchev–Trinajstić information content (AvgIpc) is 2.39. The summed E-state index contributed by atoms with van der Waals surface area (Å²) in [5.41, 5.74) is 2.83. The van der Waals surface area contributed by atoms with Crippen LogP contribution in [0.25, 0.3) is 6.08 Å². The van der Waals surface area contributed by atoms with Crippen LogP contribution in [-0.2, 0) is 16.0 Å². The van der Waals surface area contributed by atoms with E-state index in [-0.39, 0.29) is 5.97 Å². The van der Waals surface area contributed by atoms with Gasteiger partial charge in [-0.3, -0.25) is 0 Å². The number of hydrogen-bond donors (Lipinski definition) is 0. The largest absolute Gasteiger partial charge is 0.497 e. The van der Waals surface area contributed by atoms with Gasteiger partial charge in [0, 0.05) is 0 Å². The molecule has 1 aliphatic rings. The van der Waals surface area contributed by atoms with E-state index in [0.29, 0.717) is 12.2 Å². The first kappa shape index (κ1) is 13.4. The van der Waals surface area contributed by atoms with Crippen LogP contribution in [0.4, 0.5) is 0 Å².